The third-order valence-corrected chi connectivity index (χ3v) is 6.65. The van der Waals surface area contributed by atoms with E-state index in [0.717, 1.165) is 22.3 Å². The first-order chi connectivity index (χ1) is 16.7. The molecule has 0 aliphatic heterocycles. The first-order valence-electron chi connectivity index (χ1n) is 11.8. The molecule has 3 rings (SSSR count). The number of nitrogens with one attached hydrogen (secondary N) is 1. The average Bonchev–Trinajstić information content (AvgIpc) is 2.80. The van der Waals surface area contributed by atoms with E-state index in [4.69, 9.17) is 23.2 Å². The smallest absolute Gasteiger partial charge is 0.243 e. The third-order valence-electron chi connectivity index (χ3n) is 5.94. The van der Waals surface area contributed by atoms with E-state index in [1.807, 2.05) is 76.2 Å². The number of nitrogens with zero attached hydrogens (tertiary/aromatic N) is 1. The largest absolute Gasteiger partial charge is 0.352 e. The summed E-state index contributed by atoms with van der Waals surface area (Å²) in [5, 5.41) is 3.92. The number of halogens is 2. The fourth-order valence-electron chi connectivity index (χ4n) is 4.04. The van der Waals surface area contributed by atoms with Crippen molar-refractivity contribution >= 4 is 35.0 Å². The molecule has 0 saturated carbocycles. The summed E-state index contributed by atoms with van der Waals surface area (Å²) in [7, 11) is 0. The lowest BCUT2D eigenvalue weighted by molar-refractivity contribution is -0.141. The van der Waals surface area contributed by atoms with Gasteiger partial charge in [-0.1, -0.05) is 83.4 Å². The van der Waals surface area contributed by atoms with Gasteiger partial charge in [-0.2, -0.15) is 0 Å². The van der Waals surface area contributed by atoms with Crippen molar-refractivity contribution in [3.63, 3.8) is 0 Å². The van der Waals surface area contributed by atoms with Crippen LogP contribution in [0.1, 0.15) is 41.7 Å². The highest BCUT2D eigenvalue weighted by molar-refractivity contribution is 6.36. The van der Waals surface area contributed by atoms with E-state index >= 15 is 0 Å². The molecule has 0 spiro atoms. The molecule has 6 heteroatoms. The topological polar surface area (TPSA) is 49.4 Å². The Bertz CT molecular complexity index is 1160. The highest BCUT2D eigenvalue weighted by Gasteiger charge is 2.31. The van der Waals surface area contributed by atoms with Gasteiger partial charge >= 0.3 is 0 Å². The molecule has 1 atom stereocenters. The van der Waals surface area contributed by atoms with Gasteiger partial charge in [-0.3, -0.25) is 9.59 Å². The van der Waals surface area contributed by atoms with E-state index in [0.29, 0.717) is 22.0 Å². The molecule has 0 fully saturated rings. The summed E-state index contributed by atoms with van der Waals surface area (Å²) in [6.07, 6.45) is 0.551. The Morgan fingerprint density at radius 1 is 0.914 bits per heavy atom. The minimum atomic E-state index is -0.732. The van der Waals surface area contributed by atoms with Gasteiger partial charge in [0.2, 0.25) is 11.8 Å². The maximum absolute atomic E-state index is 13.9. The summed E-state index contributed by atoms with van der Waals surface area (Å²) in [6.45, 7) is 7.94. The number of aryl methyl sites for hydroxylation is 2. The first-order valence-corrected chi connectivity index (χ1v) is 12.5. The molecule has 4 nitrogen and oxygen atoms in total. The van der Waals surface area contributed by atoms with Crippen molar-refractivity contribution in [1.29, 1.82) is 0 Å². The Kier molecular flexibility index (Phi) is 9.36. The van der Waals surface area contributed by atoms with Crippen molar-refractivity contribution in [3.05, 3.63) is 105 Å². The van der Waals surface area contributed by atoms with Crippen LogP contribution in [0.5, 0.6) is 0 Å². The number of carbonyl (C=O) groups is 2. The lowest BCUT2D eigenvalue weighted by Crippen LogP contribution is -2.52. The molecule has 0 unspecified atom stereocenters. The van der Waals surface area contributed by atoms with Crippen molar-refractivity contribution < 1.29 is 9.59 Å². The van der Waals surface area contributed by atoms with E-state index < -0.39 is 6.04 Å². The molecule has 0 heterocycles. The molecule has 3 aromatic carbocycles. The Hall–Kier alpha value is -2.82. The number of hydrogen-bond acceptors (Lipinski definition) is 2. The lowest BCUT2D eigenvalue weighted by atomic mass is 9.99. The summed E-state index contributed by atoms with van der Waals surface area (Å²) < 4.78 is 0. The van der Waals surface area contributed by atoms with E-state index in [2.05, 4.69) is 5.32 Å². The van der Waals surface area contributed by atoms with Gasteiger partial charge in [0.1, 0.15) is 6.04 Å². The molecule has 35 heavy (non-hydrogen) atoms. The van der Waals surface area contributed by atoms with Gasteiger partial charge in [-0.15, -0.1) is 0 Å². The molecule has 0 aliphatic carbocycles. The standard InChI is InChI=1S/C29H32Cl2N2O2/c1-19(2)32-29(35)27(16-22-9-6-5-7-10-22)33(18-24-25(30)11-8-12-26(24)31)28(34)17-23-15-20(3)13-14-21(23)4/h5-15,19,27H,16-18H2,1-4H3,(H,32,35)/t27-/m0/s1. The van der Waals surface area contributed by atoms with Crippen LogP contribution in [0, 0.1) is 13.8 Å². The number of carbonyl (C=O) groups excluding carboxylic acids is 2. The van der Waals surface area contributed by atoms with Crippen molar-refractivity contribution in [1.82, 2.24) is 10.2 Å². The second-order valence-electron chi connectivity index (χ2n) is 9.20. The van der Waals surface area contributed by atoms with Crippen molar-refractivity contribution in [2.24, 2.45) is 0 Å². The van der Waals surface area contributed by atoms with Crippen LogP contribution in [0.2, 0.25) is 10.0 Å². The minimum absolute atomic E-state index is 0.0688. The highest BCUT2D eigenvalue weighted by atomic mass is 35.5. The summed E-state index contributed by atoms with van der Waals surface area (Å²) in [6, 6.07) is 20.2. The van der Waals surface area contributed by atoms with Crippen LogP contribution >= 0.6 is 23.2 Å². The fourth-order valence-corrected chi connectivity index (χ4v) is 4.56. The zero-order valence-electron chi connectivity index (χ0n) is 20.6. The van der Waals surface area contributed by atoms with Gasteiger partial charge < -0.3 is 10.2 Å². The Morgan fingerprint density at radius 2 is 1.57 bits per heavy atom. The Balaban J connectivity index is 2.05. The van der Waals surface area contributed by atoms with Crippen LogP contribution in [-0.4, -0.2) is 28.8 Å². The van der Waals surface area contributed by atoms with Crippen LogP contribution in [0.3, 0.4) is 0 Å². The maximum Gasteiger partial charge on any atom is 0.243 e. The quantitative estimate of drug-likeness (QED) is 0.366. The van der Waals surface area contributed by atoms with Gasteiger partial charge in [0.15, 0.2) is 0 Å². The number of hydrogen-bond donors (Lipinski definition) is 1. The fraction of sp³-hybridized carbons (Fsp3) is 0.310. The molecule has 0 aromatic heterocycles. The molecule has 0 bridgehead atoms. The molecule has 3 aromatic rings. The summed E-state index contributed by atoms with van der Waals surface area (Å²) in [4.78, 5) is 29.0. The molecule has 0 aliphatic rings. The Morgan fingerprint density at radius 3 is 2.20 bits per heavy atom. The summed E-state index contributed by atoms with van der Waals surface area (Å²) in [5.74, 6) is -0.365. The molecular formula is C29H32Cl2N2O2. The van der Waals surface area contributed by atoms with Crippen molar-refractivity contribution in [2.75, 3.05) is 0 Å². The predicted octanol–water partition coefficient (Wildman–Crippen LogP) is 6.32. The van der Waals surface area contributed by atoms with Crippen LogP contribution < -0.4 is 5.32 Å². The predicted molar refractivity (Wildman–Crippen MR) is 144 cm³/mol. The number of benzene rings is 3. The molecular weight excluding hydrogens is 479 g/mol. The van der Waals surface area contributed by atoms with Gasteiger partial charge in [-0.05, 0) is 56.5 Å². The average molecular weight is 511 g/mol. The second-order valence-corrected chi connectivity index (χ2v) is 10.0. The summed E-state index contributed by atoms with van der Waals surface area (Å²) in [5.41, 5.74) is 4.64. The van der Waals surface area contributed by atoms with Crippen LogP contribution in [0.25, 0.3) is 0 Å². The van der Waals surface area contributed by atoms with Gasteiger partial charge in [0.05, 0.1) is 6.42 Å². The number of amides is 2. The zero-order valence-corrected chi connectivity index (χ0v) is 22.2. The van der Waals surface area contributed by atoms with E-state index in [1.54, 1.807) is 23.1 Å². The van der Waals surface area contributed by atoms with Crippen LogP contribution in [0.15, 0.2) is 66.7 Å². The maximum atomic E-state index is 13.9. The first kappa shape index (κ1) is 26.8. The molecule has 2 amide bonds. The van der Waals surface area contributed by atoms with E-state index in [9.17, 15) is 9.59 Å². The van der Waals surface area contributed by atoms with Crippen molar-refractivity contribution in [2.45, 2.75) is 59.2 Å². The minimum Gasteiger partial charge on any atom is -0.352 e. The molecule has 1 N–H and O–H groups in total. The Labute approximate surface area is 218 Å². The molecule has 0 saturated heterocycles. The van der Waals surface area contributed by atoms with Gasteiger partial charge in [0, 0.05) is 34.6 Å². The SMILES string of the molecule is Cc1ccc(C)c(CC(=O)N(Cc2c(Cl)cccc2Cl)[C@@H](Cc2ccccc2)C(=O)NC(C)C)c1. The number of rotatable bonds is 9. The van der Waals surface area contributed by atoms with E-state index in [-0.39, 0.29) is 30.8 Å². The van der Waals surface area contributed by atoms with E-state index in [1.165, 1.54) is 0 Å². The molecule has 184 valence electrons. The lowest BCUT2D eigenvalue weighted by Gasteiger charge is -2.33. The third kappa shape index (κ3) is 7.33. The van der Waals surface area contributed by atoms with Gasteiger partial charge in [0.25, 0.3) is 0 Å². The zero-order chi connectivity index (χ0) is 25.5. The normalized spacial score (nSPS) is 11.9. The highest BCUT2D eigenvalue weighted by Crippen LogP contribution is 2.28. The monoisotopic (exact) mass is 510 g/mol. The van der Waals surface area contributed by atoms with Crippen LogP contribution in [0.4, 0.5) is 0 Å². The van der Waals surface area contributed by atoms with Crippen LogP contribution in [-0.2, 0) is 29.0 Å². The second kappa shape index (κ2) is 12.2. The van der Waals surface area contributed by atoms with Crippen molar-refractivity contribution in [3.8, 4) is 0 Å². The summed E-state index contributed by atoms with van der Waals surface area (Å²) >= 11 is 13.0. The molecule has 0 radical (unpaired) electrons. The van der Waals surface area contributed by atoms with Gasteiger partial charge in [-0.25, -0.2) is 0 Å².